The minimum absolute atomic E-state index is 0.0552. The first-order valence-corrected chi connectivity index (χ1v) is 7.42. The van der Waals surface area contributed by atoms with E-state index in [1.165, 1.54) is 0 Å². The maximum absolute atomic E-state index is 12.5. The molecule has 0 aliphatic heterocycles. The Morgan fingerprint density at radius 3 is 2.86 bits per heavy atom. The molecule has 2 heterocycles. The molecule has 0 saturated heterocycles. The summed E-state index contributed by atoms with van der Waals surface area (Å²) in [6.07, 6.45) is 3.81. The number of nitrogens with one attached hydrogen (secondary N) is 1. The summed E-state index contributed by atoms with van der Waals surface area (Å²) < 4.78 is 5.14. The van der Waals surface area contributed by atoms with Crippen LogP contribution in [0.15, 0.2) is 36.5 Å². The predicted octanol–water partition coefficient (Wildman–Crippen LogP) is 2.67. The second-order valence-corrected chi connectivity index (χ2v) is 5.57. The van der Waals surface area contributed by atoms with Crippen molar-refractivity contribution >= 4 is 5.91 Å². The number of hydrogen-bond donors (Lipinski definition) is 1. The number of rotatable bonds is 5. The zero-order valence-corrected chi connectivity index (χ0v) is 12.7. The van der Waals surface area contributed by atoms with Crippen molar-refractivity contribution in [1.29, 1.82) is 0 Å². The highest BCUT2D eigenvalue weighted by Gasteiger charge is 2.34. The molecule has 0 bridgehead atoms. The molecule has 0 radical (unpaired) electrons. The number of carbonyl (C=O) groups excluding carboxylic acids is 1. The molecule has 0 unspecified atom stereocenters. The van der Waals surface area contributed by atoms with Gasteiger partial charge in [0.15, 0.2) is 0 Å². The zero-order chi connectivity index (χ0) is 15.5. The van der Waals surface area contributed by atoms with Gasteiger partial charge in [0.05, 0.1) is 18.8 Å². The number of methoxy groups -OCH3 is 1. The number of aromatic nitrogens is 2. The Kier molecular flexibility index (Phi) is 4.04. The highest BCUT2D eigenvalue weighted by atomic mass is 16.5. The Morgan fingerprint density at radius 1 is 1.36 bits per heavy atom. The Balaban J connectivity index is 1.80. The Bertz CT molecular complexity index is 683. The standard InChI is InChI=1S/C17H19N3O2/c1-11-4-3-5-14(19-11)16(12-6-7-12)20-17(21)15-10-13(22-2)8-9-18-15/h3-5,8-10,12,16H,6-7H2,1-2H3,(H,20,21)/t16-/m1/s1. The summed E-state index contributed by atoms with van der Waals surface area (Å²) in [6, 6.07) is 9.21. The predicted molar refractivity (Wildman–Crippen MR) is 82.7 cm³/mol. The van der Waals surface area contributed by atoms with E-state index >= 15 is 0 Å². The van der Waals surface area contributed by atoms with Gasteiger partial charge in [-0.3, -0.25) is 14.8 Å². The van der Waals surface area contributed by atoms with E-state index in [1.54, 1.807) is 25.4 Å². The van der Waals surface area contributed by atoms with Gasteiger partial charge in [0.25, 0.3) is 5.91 Å². The number of nitrogens with zero attached hydrogens (tertiary/aromatic N) is 2. The van der Waals surface area contributed by atoms with Crippen LogP contribution in [0.2, 0.25) is 0 Å². The van der Waals surface area contributed by atoms with Gasteiger partial charge in [-0.2, -0.15) is 0 Å². The lowest BCUT2D eigenvalue weighted by Crippen LogP contribution is -2.31. The van der Waals surface area contributed by atoms with Crippen molar-refractivity contribution in [2.45, 2.75) is 25.8 Å². The molecule has 0 spiro atoms. The number of pyridine rings is 2. The van der Waals surface area contributed by atoms with Crippen LogP contribution in [0.1, 0.15) is 40.8 Å². The molecule has 1 atom stereocenters. The second-order valence-electron chi connectivity index (χ2n) is 5.57. The highest BCUT2D eigenvalue weighted by Crippen LogP contribution is 2.40. The smallest absolute Gasteiger partial charge is 0.270 e. The van der Waals surface area contributed by atoms with Crippen molar-refractivity contribution in [3.8, 4) is 5.75 Å². The molecular weight excluding hydrogens is 278 g/mol. The van der Waals surface area contributed by atoms with E-state index in [-0.39, 0.29) is 11.9 Å². The van der Waals surface area contributed by atoms with Crippen LogP contribution in [-0.4, -0.2) is 23.0 Å². The normalized spacial score (nSPS) is 15.2. The van der Waals surface area contributed by atoms with Crippen molar-refractivity contribution < 1.29 is 9.53 Å². The SMILES string of the molecule is COc1ccnc(C(=O)N[C@@H](c2cccc(C)n2)C2CC2)c1. The first-order valence-electron chi connectivity index (χ1n) is 7.42. The molecule has 0 aromatic carbocycles. The molecule has 22 heavy (non-hydrogen) atoms. The average molecular weight is 297 g/mol. The quantitative estimate of drug-likeness (QED) is 0.921. The van der Waals surface area contributed by atoms with Crippen LogP contribution < -0.4 is 10.1 Å². The highest BCUT2D eigenvalue weighted by molar-refractivity contribution is 5.92. The fraction of sp³-hybridized carbons (Fsp3) is 0.353. The minimum Gasteiger partial charge on any atom is -0.497 e. The van der Waals surface area contributed by atoms with Gasteiger partial charge in [-0.15, -0.1) is 0 Å². The molecule has 5 nitrogen and oxygen atoms in total. The third-order valence-electron chi connectivity index (χ3n) is 3.81. The van der Waals surface area contributed by atoms with Crippen LogP contribution >= 0.6 is 0 Å². The van der Waals surface area contributed by atoms with Gasteiger partial charge in [-0.1, -0.05) is 6.07 Å². The minimum atomic E-state index is -0.195. The Hall–Kier alpha value is -2.43. The van der Waals surface area contributed by atoms with Gasteiger partial charge in [0, 0.05) is 18.0 Å². The van der Waals surface area contributed by atoms with E-state index in [4.69, 9.17) is 4.74 Å². The van der Waals surface area contributed by atoms with E-state index in [0.717, 1.165) is 24.2 Å². The van der Waals surface area contributed by atoms with Gasteiger partial charge in [-0.05, 0) is 43.9 Å². The van der Waals surface area contributed by atoms with Gasteiger partial charge >= 0.3 is 0 Å². The zero-order valence-electron chi connectivity index (χ0n) is 12.7. The summed E-state index contributed by atoms with van der Waals surface area (Å²) >= 11 is 0. The van der Waals surface area contributed by atoms with Crippen molar-refractivity contribution in [2.24, 2.45) is 5.92 Å². The van der Waals surface area contributed by atoms with E-state index < -0.39 is 0 Å². The molecule has 1 aliphatic rings. The lowest BCUT2D eigenvalue weighted by molar-refractivity contribution is 0.0925. The summed E-state index contributed by atoms with van der Waals surface area (Å²) in [5, 5.41) is 3.07. The monoisotopic (exact) mass is 297 g/mol. The first-order chi connectivity index (χ1) is 10.7. The summed E-state index contributed by atoms with van der Waals surface area (Å²) in [5.41, 5.74) is 2.23. The van der Waals surface area contributed by atoms with Crippen molar-refractivity contribution in [3.05, 3.63) is 53.6 Å². The summed E-state index contributed by atoms with van der Waals surface area (Å²) in [7, 11) is 1.57. The molecule has 114 valence electrons. The van der Waals surface area contributed by atoms with E-state index in [2.05, 4.69) is 15.3 Å². The Labute approximate surface area is 129 Å². The molecule has 2 aromatic heterocycles. The molecule has 3 rings (SSSR count). The molecule has 5 heteroatoms. The number of amides is 1. The molecule has 2 aromatic rings. The van der Waals surface area contributed by atoms with Gasteiger partial charge in [-0.25, -0.2) is 0 Å². The van der Waals surface area contributed by atoms with Gasteiger partial charge in [0.1, 0.15) is 11.4 Å². The molecular formula is C17H19N3O2. The van der Waals surface area contributed by atoms with Crippen LogP contribution in [0.3, 0.4) is 0 Å². The van der Waals surface area contributed by atoms with Gasteiger partial charge in [0.2, 0.25) is 0 Å². The molecule has 1 aliphatic carbocycles. The van der Waals surface area contributed by atoms with E-state index in [9.17, 15) is 4.79 Å². The number of carbonyl (C=O) groups is 1. The summed E-state index contributed by atoms with van der Waals surface area (Å²) in [5.74, 6) is 0.889. The molecule has 1 N–H and O–H groups in total. The third kappa shape index (κ3) is 3.24. The lowest BCUT2D eigenvalue weighted by Gasteiger charge is -2.18. The fourth-order valence-corrected chi connectivity index (χ4v) is 2.48. The van der Waals surface area contributed by atoms with Crippen LogP contribution in [0.4, 0.5) is 0 Å². The van der Waals surface area contributed by atoms with Crippen LogP contribution in [0.5, 0.6) is 5.75 Å². The Morgan fingerprint density at radius 2 is 2.18 bits per heavy atom. The summed E-state index contributed by atoms with van der Waals surface area (Å²) in [4.78, 5) is 21.1. The fourth-order valence-electron chi connectivity index (χ4n) is 2.48. The molecule has 1 amide bonds. The topological polar surface area (TPSA) is 64.1 Å². The number of ether oxygens (including phenoxy) is 1. The second kappa shape index (κ2) is 6.13. The maximum atomic E-state index is 12.5. The van der Waals surface area contributed by atoms with E-state index in [0.29, 0.717) is 17.4 Å². The van der Waals surface area contributed by atoms with Crippen molar-refractivity contribution in [2.75, 3.05) is 7.11 Å². The molecule has 1 saturated carbocycles. The van der Waals surface area contributed by atoms with Crippen molar-refractivity contribution in [1.82, 2.24) is 15.3 Å². The van der Waals surface area contributed by atoms with Crippen LogP contribution in [0, 0.1) is 12.8 Å². The number of hydrogen-bond acceptors (Lipinski definition) is 4. The van der Waals surface area contributed by atoms with E-state index in [1.807, 2.05) is 25.1 Å². The number of aryl methyl sites for hydroxylation is 1. The third-order valence-corrected chi connectivity index (χ3v) is 3.81. The van der Waals surface area contributed by atoms with Crippen LogP contribution in [0.25, 0.3) is 0 Å². The first kappa shape index (κ1) is 14.5. The van der Waals surface area contributed by atoms with Crippen LogP contribution in [-0.2, 0) is 0 Å². The maximum Gasteiger partial charge on any atom is 0.270 e. The van der Waals surface area contributed by atoms with Crippen molar-refractivity contribution in [3.63, 3.8) is 0 Å². The van der Waals surface area contributed by atoms with Gasteiger partial charge < -0.3 is 10.1 Å². The lowest BCUT2D eigenvalue weighted by atomic mass is 10.1. The summed E-state index contributed by atoms with van der Waals surface area (Å²) in [6.45, 7) is 1.96. The average Bonchev–Trinajstić information content (AvgIpc) is 3.37. The molecule has 1 fully saturated rings. The largest absolute Gasteiger partial charge is 0.497 e.